The van der Waals surface area contributed by atoms with Crippen LogP contribution in [0.2, 0.25) is 0 Å². The number of nitrogens with zero attached hydrogens (tertiary/aromatic N) is 6. The van der Waals surface area contributed by atoms with E-state index in [-0.39, 0.29) is 55.2 Å². The topological polar surface area (TPSA) is 496 Å². The standard InChI is InChI=1S/2C18H18BNO4.C17H16BNO4.3C12H7NO3.3H2O2/c1-17(2)18(3,4)24-19(23-17)11-5-7-13-15(9-11)22-16-10-12(21)6-8-14(16)20-13;1-11-9-22-19(23-10-12(11)2)13-3-5-15-17(7-13)24-18-8-14(21)4-6-16(18)20-15;1-17(2)9-21-18(22-10-17)11-3-5-13-15(7-11)23-16-8-12(20)4-6-14(16)19-13;3*14-7-1-3-9-11(5-7)16-12-6-8(15)2-4-10(12)13-9;3*1-2/h5-10H,1-4H3;3-8,11-12H,9-10H2,1-2H3;3-8H,9-10H2,1-2H3;3*1-6,14H;3*1-2H. The van der Waals surface area contributed by atoms with Crippen molar-refractivity contribution in [3.8, 4) is 86.0 Å². The van der Waals surface area contributed by atoms with Gasteiger partial charge in [-0.05, 0) is 202 Å². The summed E-state index contributed by atoms with van der Waals surface area (Å²) < 4.78 is 69.5. The van der Waals surface area contributed by atoms with Gasteiger partial charge in [0, 0.05) is 86.4 Å². The van der Waals surface area contributed by atoms with Gasteiger partial charge in [0.25, 0.3) is 0 Å². The second kappa shape index (κ2) is 38.3. The third-order valence-corrected chi connectivity index (χ3v) is 20.4. The number of hydrogen-bond donors (Lipinski definition) is 9. The molecule has 2 atom stereocenters. The Balaban J connectivity index is 0.000000128. The smallest absolute Gasteiger partial charge is 0.494 e. The van der Waals surface area contributed by atoms with Gasteiger partial charge in [0.2, 0.25) is 0 Å². The van der Waals surface area contributed by atoms with Crippen LogP contribution in [0.15, 0.2) is 274 Å². The first-order chi connectivity index (χ1) is 60.0. The largest absolute Gasteiger partial charge is 0.508 e. The van der Waals surface area contributed by atoms with Gasteiger partial charge in [-0.15, -0.1) is 0 Å². The van der Waals surface area contributed by atoms with Gasteiger partial charge in [-0.1, -0.05) is 45.9 Å². The maximum Gasteiger partial charge on any atom is 0.494 e. The number of rotatable bonds is 3. The molecule has 36 heteroatoms. The molecule has 15 aliphatic rings. The molecule has 9 heterocycles. The van der Waals surface area contributed by atoms with E-state index >= 15 is 0 Å². The fraction of sp³-hybridized carbons (Fsp3) is 0.191. The Bertz CT molecular complexity index is 6710. The third kappa shape index (κ3) is 21.1. The highest BCUT2D eigenvalue weighted by Gasteiger charge is 2.52. The summed E-state index contributed by atoms with van der Waals surface area (Å²) in [7, 11) is -1.26. The Kier molecular flexibility index (Phi) is 27.2. The van der Waals surface area contributed by atoms with Crippen LogP contribution in [0.4, 0.5) is 0 Å². The molecular weight excluding hydrogens is 1620 g/mol. The number of hydrogen-bond acceptors (Lipinski definition) is 33. The van der Waals surface area contributed by atoms with E-state index in [0.717, 1.165) is 32.9 Å². The molecule has 6 aromatic carbocycles. The molecule has 0 saturated carbocycles. The summed E-state index contributed by atoms with van der Waals surface area (Å²) in [5.41, 5.74) is 12.4. The van der Waals surface area contributed by atoms with Crippen LogP contribution in [0, 0.1) is 17.3 Å². The zero-order chi connectivity index (χ0) is 89.2. The Morgan fingerprint density at radius 3 is 0.744 bits per heavy atom. The number of fused-ring (bicyclic) bond motifs is 12. The molecule has 0 amide bonds. The predicted octanol–water partition coefficient (Wildman–Crippen LogP) is 13.0. The SMILES string of the molecule is CC1(C)COB(c2ccc3nc4ccc(=O)cc-4oc3c2)OC1.CC1(C)OB(c2ccc3nc4ccc(=O)cc-4oc3c2)OC1(C)C.CC1COB(c2ccc3nc4ccc(=O)cc-4oc3c2)OCC1C.O=c1ccc2nc3ccc(O)cc3oc-2c1.O=c1ccc2nc3ccc(O)cc3oc-2c1.O=c1ccc2nc3ccc(O)cc3oc-2c1.OO.OO.OO. The minimum absolute atomic E-state index is 0.0278. The first kappa shape index (κ1) is 88.9. The highest BCUT2D eigenvalue weighted by atomic mass is 17.0. The summed E-state index contributed by atoms with van der Waals surface area (Å²) >= 11 is 0. The summed E-state index contributed by atoms with van der Waals surface area (Å²) in [4.78, 5) is 94.5. The van der Waals surface area contributed by atoms with Crippen LogP contribution in [0.5, 0.6) is 17.2 Å². The van der Waals surface area contributed by atoms with Crippen molar-refractivity contribution in [2.24, 2.45) is 17.3 Å². The summed E-state index contributed by atoms with van der Waals surface area (Å²) in [6.07, 6.45) is 0. The normalized spacial score (nSPS) is 15.6. The third-order valence-electron chi connectivity index (χ3n) is 20.4. The molecule has 3 saturated heterocycles. The zero-order valence-electron chi connectivity index (χ0n) is 68.1. The van der Waals surface area contributed by atoms with Gasteiger partial charge in [-0.3, -0.25) is 60.3 Å². The minimum atomic E-state index is -0.462. The quantitative estimate of drug-likeness (QED) is 0.0343. The molecule has 33 nitrogen and oxygen atoms in total. The van der Waals surface area contributed by atoms with Gasteiger partial charge < -0.3 is 69.7 Å². The first-order valence-corrected chi connectivity index (χ1v) is 38.6. The van der Waals surface area contributed by atoms with Crippen molar-refractivity contribution >= 4 is 104 Å². The predicted molar refractivity (Wildman–Crippen MR) is 465 cm³/mol. The number of phenolic OH excluding ortho intramolecular Hbond substituents is 3. The highest BCUT2D eigenvalue weighted by Crippen LogP contribution is 2.38. The van der Waals surface area contributed by atoms with E-state index < -0.39 is 32.6 Å². The van der Waals surface area contributed by atoms with Crippen LogP contribution in [0.25, 0.3) is 135 Å². The van der Waals surface area contributed by atoms with Gasteiger partial charge in [-0.25, -0.2) is 29.9 Å². The van der Waals surface area contributed by atoms with Crippen molar-refractivity contribution in [3.63, 3.8) is 0 Å². The number of phenols is 3. The molecule has 0 radical (unpaired) electrons. The van der Waals surface area contributed by atoms with E-state index in [1.54, 1.807) is 72.8 Å². The van der Waals surface area contributed by atoms with Crippen LogP contribution < -0.4 is 49.0 Å². The number of aromatic nitrogens is 6. The van der Waals surface area contributed by atoms with E-state index in [1.807, 2.05) is 82.3 Å². The van der Waals surface area contributed by atoms with Crippen molar-refractivity contribution in [1.82, 2.24) is 29.9 Å². The molecule has 9 N–H and O–H groups in total. The van der Waals surface area contributed by atoms with Crippen LogP contribution in [-0.2, 0) is 27.9 Å². The second-order valence-electron chi connectivity index (χ2n) is 30.9. The Morgan fingerprint density at radius 1 is 0.280 bits per heavy atom. The van der Waals surface area contributed by atoms with Gasteiger partial charge in [0.15, 0.2) is 101 Å². The lowest BCUT2D eigenvalue weighted by Crippen LogP contribution is -2.47. The lowest BCUT2D eigenvalue weighted by Gasteiger charge is -2.33. The molecular formula is C89H79B3N6O27. The van der Waals surface area contributed by atoms with Crippen LogP contribution >= 0.6 is 0 Å². The maximum atomic E-state index is 11.5. The molecule has 21 rings (SSSR count). The Hall–Kier alpha value is -13.8. The molecule has 0 spiro atoms. The molecule has 0 aromatic heterocycles. The summed E-state index contributed by atoms with van der Waals surface area (Å²) in [6, 6.07) is 58.2. The molecule has 9 aliphatic heterocycles. The highest BCUT2D eigenvalue weighted by molar-refractivity contribution is 6.63. The minimum Gasteiger partial charge on any atom is -0.508 e. The van der Waals surface area contributed by atoms with E-state index in [1.165, 1.54) is 91.0 Å². The van der Waals surface area contributed by atoms with Gasteiger partial charge >= 0.3 is 21.4 Å². The summed E-state index contributed by atoms with van der Waals surface area (Å²) in [5, 5.41) is 63.9. The van der Waals surface area contributed by atoms with Crippen LogP contribution in [0.1, 0.15) is 55.4 Å². The summed E-state index contributed by atoms with van der Waals surface area (Å²) in [6.45, 7) is 19.2. The van der Waals surface area contributed by atoms with Crippen molar-refractivity contribution < 1.29 is 101 Å². The van der Waals surface area contributed by atoms with Crippen molar-refractivity contribution in [2.75, 3.05) is 26.4 Å². The molecule has 3 fully saturated rings. The molecule has 125 heavy (non-hydrogen) atoms. The summed E-state index contributed by atoms with van der Waals surface area (Å²) in [5.74, 6) is 3.94. The van der Waals surface area contributed by atoms with E-state index in [4.69, 9.17) is 86.0 Å². The zero-order valence-corrected chi connectivity index (χ0v) is 68.1. The molecule has 6 aromatic rings. The lowest BCUT2D eigenvalue weighted by molar-refractivity contribution is -0.176. The first-order valence-electron chi connectivity index (χ1n) is 38.6. The fourth-order valence-corrected chi connectivity index (χ4v) is 13.0. The van der Waals surface area contributed by atoms with Gasteiger partial charge in [-0.2, -0.15) is 0 Å². The molecule has 6 aliphatic carbocycles. The van der Waals surface area contributed by atoms with Gasteiger partial charge in [0.05, 0.1) is 11.2 Å². The second-order valence-corrected chi connectivity index (χ2v) is 30.9. The Labute approximate surface area is 708 Å². The lowest BCUT2D eigenvalue weighted by atomic mass is 9.76. The fourth-order valence-electron chi connectivity index (χ4n) is 13.0. The van der Waals surface area contributed by atoms with Crippen LogP contribution in [0.3, 0.4) is 0 Å². The van der Waals surface area contributed by atoms with Crippen molar-refractivity contribution in [2.45, 2.75) is 66.6 Å². The maximum absolute atomic E-state index is 11.5. The Morgan fingerprint density at radius 2 is 0.496 bits per heavy atom. The van der Waals surface area contributed by atoms with E-state index in [0.29, 0.717) is 157 Å². The van der Waals surface area contributed by atoms with E-state index in [9.17, 15) is 44.1 Å². The van der Waals surface area contributed by atoms with Gasteiger partial charge in [0.1, 0.15) is 84.5 Å². The van der Waals surface area contributed by atoms with Crippen molar-refractivity contribution in [1.29, 1.82) is 0 Å². The molecule has 2 unspecified atom stereocenters. The number of aromatic hydroxyl groups is 3. The molecule has 0 bridgehead atoms. The van der Waals surface area contributed by atoms with Crippen molar-refractivity contribution in [3.05, 3.63) is 280 Å². The van der Waals surface area contributed by atoms with E-state index in [2.05, 4.69) is 57.6 Å². The monoisotopic (exact) mass is 1700 g/mol. The van der Waals surface area contributed by atoms with Crippen LogP contribution in [-0.4, -0.2) is 136 Å². The average molecular weight is 1700 g/mol. The average Bonchev–Trinajstić information content (AvgIpc) is 1.73. The molecule has 636 valence electrons. The number of benzene rings is 12.